The molecule has 0 heterocycles. The monoisotopic (exact) mass is 322 g/mol. The van der Waals surface area contributed by atoms with Crippen molar-refractivity contribution >= 4 is 34.5 Å². The van der Waals surface area contributed by atoms with E-state index in [-0.39, 0.29) is 11.9 Å². The first-order valence-electron chi connectivity index (χ1n) is 6.48. The topological polar surface area (TPSA) is 29.3 Å². The van der Waals surface area contributed by atoms with Crippen LogP contribution in [0.1, 0.15) is 24.1 Å². The smallest absolute Gasteiger partial charge is 0.128 e. The Hall–Kier alpha value is -1.65. The molecule has 110 valence electrons. The molecular formula is C16H16ClFN2S. The molecule has 2 aromatic carbocycles. The van der Waals surface area contributed by atoms with Gasteiger partial charge in [-0.2, -0.15) is 0 Å². The molecule has 0 bridgehead atoms. The summed E-state index contributed by atoms with van der Waals surface area (Å²) in [5.74, 6) is -0.229. The Kier molecular flexibility index (Phi) is 4.80. The van der Waals surface area contributed by atoms with E-state index in [2.05, 4.69) is 0 Å². The summed E-state index contributed by atoms with van der Waals surface area (Å²) in [7, 11) is 1.87. The molecule has 21 heavy (non-hydrogen) atoms. The van der Waals surface area contributed by atoms with Crippen molar-refractivity contribution in [1.29, 1.82) is 0 Å². The van der Waals surface area contributed by atoms with Crippen LogP contribution in [0.5, 0.6) is 0 Å². The molecule has 0 aliphatic rings. The van der Waals surface area contributed by atoms with E-state index in [0.717, 1.165) is 5.69 Å². The summed E-state index contributed by atoms with van der Waals surface area (Å²) in [4.78, 5) is 2.22. The second-order valence-corrected chi connectivity index (χ2v) is 5.69. The fourth-order valence-electron chi connectivity index (χ4n) is 2.18. The Bertz CT molecular complexity index is 675. The van der Waals surface area contributed by atoms with Gasteiger partial charge < -0.3 is 10.6 Å². The number of thiocarbonyl (C=S) groups is 1. The van der Waals surface area contributed by atoms with Gasteiger partial charge in [0.2, 0.25) is 0 Å². The molecule has 0 aromatic heterocycles. The molecule has 0 aliphatic carbocycles. The average molecular weight is 323 g/mol. The molecule has 0 saturated heterocycles. The SMILES string of the molecule is CC(c1ccccc1F)N(C)c1ccc(C(N)=S)cc1Cl. The van der Waals surface area contributed by atoms with Crippen LogP contribution in [0.25, 0.3) is 0 Å². The molecule has 2 aromatic rings. The van der Waals surface area contributed by atoms with Gasteiger partial charge in [-0.1, -0.05) is 42.0 Å². The highest BCUT2D eigenvalue weighted by Gasteiger charge is 2.18. The van der Waals surface area contributed by atoms with Gasteiger partial charge in [-0.05, 0) is 31.2 Å². The van der Waals surface area contributed by atoms with Crippen LogP contribution in [-0.4, -0.2) is 12.0 Å². The summed E-state index contributed by atoms with van der Waals surface area (Å²) >= 11 is 11.2. The van der Waals surface area contributed by atoms with E-state index >= 15 is 0 Å². The van der Waals surface area contributed by atoms with Gasteiger partial charge in [0, 0.05) is 18.2 Å². The standard InChI is InChI=1S/C16H16ClFN2S/c1-10(12-5-3-4-6-14(12)18)20(2)15-8-7-11(16(19)21)9-13(15)17/h3-10H,1-2H3,(H2,19,21). The van der Waals surface area contributed by atoms with Gasteiger partial charge in [-0.3, -0.25) is 0 Å². The van der Waals surface area contributed by atoms with Crippen molar-refractivity contribution in [3.8, 4) is 0 Å². The van der Waals surface area contributed by atoms with Crippen LogP contribution in [0, 0.1) is 5.82 Å². The predicted molar refractivity (Wildman–Crippen MR) is 90.6 cm³/mol. The largest absolute Gasteiger partial charge is 0.389 e. The molecule has 0 radical (unpaired) electrons. The summed E-state index contributed by atoms with van der Waals surface area (Å²) in [5, 5.41) is 0.533. The average Bonchev–Trinajstić information content (AvgIpc) is 2.46. The van der Waals surface area contributed by atoms with Gasteiger partial charge in [0.15, 0.2) is 0 Å². The van der Waals surface area contributed by atoms with E-state index in [9.17, 15) is 4.39 Å². The number of rotatable bonds is 4. The summed E-state index contributed by atoms with van der Waals surface area (Å²) in [6.45, 7) is 1.93. The number of anilines is 1. The van der Waals surface area contributed by atoms with Crippen LogP contribution in [-0.2, 0) is 0 Å². The fraction of sp³-hybridized carbons (Fsp3) is 0.188. The van der Waals surface area contributed by atoms with Gasteiger partial charge in [0.1, 0.15) is 10.8 Å². The van der Waals surface area contributed by atoms with Crippen LogP contribution in [0.3, 0.4) is 0 Å². The molecule has 0 amide bonds. The van der Waals surface area contributed by atoms with Crippen molar-refractivity contribution in [1.82, 2.24) is 0 Å². The van der Waals surface area contributed by atoms with Gasteiger partial charge in [0.25, 0.3) is 0 Å². The van der Waals surface area contributed by atoms with Crippen molar-refractivity contribution in [3.05, 3.63) is 64.4 Å². The highest BCUT2D eigenvalue weighted by molar-refractivity contribution is 7.80. The Morgan fingerprint density at radius 3 is 2.52 bits per heavy atom. The molecule has 2 rings (SSSR count). The number of benzene rings is 2. The summed E-state index contributed by atoms with van der Waals surface area (Å²) in [6.07, 6.45) is 0. The second-order valence-electron chi connectivity index (χ2n) is 4.84. The van der Waals surface area contributed by atoms with Crippen molar-refractivity contribution < 1.29 is 4.39 Å². The molecule has 0 aliphatic heterocycles. The Morgan fingerprint density at radius 2 is 1.95 bits per heavy atom. The Morgan fingerprint density at radius 1 is 1.29 bits per heavy atom. The first-order valence-corrected chi connectivity index (χ1v) is 7.27. The van der Waals surface area contributed by atoms with Crippen LogP contribution in [0.15, 0.2) is 42.5 Å². The van der Waals surface area contributed by atoms with E-state index in [1.165, 1.54) is 6.07 Å². The normalized spacial score (nSPS) is 12.0. The lowest BCUT2D eigenvalue weighted by molar-refractivity contribution is 0.585. The third-order valence-corrected chi connectivity index (χ3v) is 4.09. The van der Waals surface area contributed by atoms with Crippen molar-refractivity contribution in [2.24, 2.45) is 5.73 Å². The lowest BCUT2D eigenvalue weighted by Crippen LogP contribution is -2.23. The quantitative estimate of drug-likeness (QED) is 0.850. The maximum atomic E-state index is 13.9. The van der Waals surface area contributed by atoms with E-state index in [4.69, 9.17) is 29.6 Å². The molecule has 1 unspecified atom stereocenters. The van der Waals surface area contributed by atoms with Crippen molar-refractivity contribution in [2.75, 3.05) is 11.9 Å². The minimum atomic E-state index is -0.229. The summed E-state index contributed by atoms with van der Waals surface area (Å²) in [5.41, 5.74) is 7.72. The zero-order valence-corrected chi connectivity index (χ0v) is 13.4. The van der Waals surface area contributed by atoms with Gasteiger partial charge >= 0.3 is 0 Å². The van der Waals surface area contributed by atoms with Crippen LogP contribution >= 0.6 is 23.8 Å². The van der Waals surface area contributed by atoms with Crippen LogP contribution in [0.4, 0.5) is 10.1 Å². The molecule has 0 spiro atoms. The van der Waals surface area contributed by atoms with E-state index in [1.807, 2.05) is 37.1 Å². The third-order valence-electron chi connectivity index (χ3n) is 3.55. The van der Waals surface area contributed by atoms with Crippen molar-refractivity contribution in [2.45, 2.75) is 13.0 Å². The zero-order valence-electron chi connectivity index (χ0n) is 11.8. The maximum absolute atomic E-state index is 13.9. The first kappa shape index (κ1) is 15.7. The molecule has 2 N–H and O–H groups in total. The molecule has 0 saturated carbocycles. The van der Waals surface area contributed by atoms with E-state index in [1.54, 1.807) is 18.2 Å². The van der Waals surface area contributed by atoms with E-state index in [0.29, 0.717) is 21.1 Å². The summed E-state index contributed by atoms with van der Waals surface area (Å²) in [6, 6.07) is 12.0. The maximum Gasteiger partial charge on any atom is 0.128 e. The number of halogens is 2. The minimum absolute atomic E-state index is 0.153. The van der Waals surface area contributed by atoms with Gasteiger partial charge in [-0.25, -0.2) is 4.39 Å². The molecule has 1 atom stereocenters. The first-order chi connectivity index (χ1) is 9.91. The van der Waals surface area contributed by atoms with Crippen molar-refractivity contribution in [3.63, 3.8) is 0 Å². The number of nitrogens with two attached hydrogens (primary N) is 1. The predicted octanol–water partition coefficient (Wildman–Crippen LogP) is 4.31. The fourth-order valence-corrected chi connectivity index (χ4v) is 2.62. The molecule has 5 heteroatoms. The van der Waals surface area contributed by atoms with Gasteiger partial charge in [0.05, 0.1) is 16.8 Å². The molecular weight excluding hydrogens is 307 g/mol. The zero-order chi connectivity index (χ0) is 15.6. The third kappa shape index (κ3) is 3.34. The Labute approximate surface area is 134 Å². The van der Waals surface area contributed by atoms with E-state index < -0.39 is 0 Å². The lowest BCUT2D eigenvalue weighted by Gasteiger charge is -2.28. The van der Waals surface area contributed by atoms with Gasteiger partial charge in [-0.15, -0.1) is 0 Å². The number of hydrogen-bond acceptors (Lipinski definition) is 2. The van der Waals surface area contributed by atoms with Crippen LogP contribution < -0.4 is 10.6 Å². The molecule has 0 fully saturated rings. The lowest BCUT2D eigenvalue weighted by atomic mass is 10.1. The highest BCUT2D eigenvalue weighted by atomic mass is 35.5. The minimum Gasteiger partial charge on any atom is -0.389 e. The molecule has 2 nitrogen and oxygen atoms in total. The highest BCUT2D eigenvalue weighted by Crippen LogP contribution is 2.32. The second kappa shape index (κ2) is 6.41. The summed E-state index contributed by atoms with van der Waals surface area (Å²) < 4.78 is 13.9. The number of nitrogens with zero attached hydrogens (tertiary/aromatic N) is 1. The number of hydrogen-bond donors (Lipinski definition) is 1. The van der Waals surface area contributed by atoms with Crippen LogP contribution in [0.2, 0.25) is 5.02 Å². The Balaban J connectivity index is 2.34.